The van der Waals surface area contributed by atoms with Gasteiger partial charge in [-0.1, -0.05) is 24.6 Å². The van der Waals surface area contributed by atoms with Crippen molar-refractivity contribution in [2.45, 2.75) is 52.4 Å². The summed E-state index contributed by atoms with van der Waals surface area (Å²) >= 11 is 0. The molecule has 0 aliphatic carbocycles. The summed E-state index contributed by atoms with van der Waals surface area (Å²) in [5.41, 5.74) is 6.29. The quantitative estimate of drug-likeness (QED) is 0.0818. The van der Waals surface area contributed by atoms with Crippen molar-refractivity contribution >= 4 is 37.9 Å². The number of allylic oxidation sites excluding steroid dienone is 1. The van der Waals surface area contributed by atoms with Crippen molar-refractivity contribution in [3.8, 4) is 0 Å². The first-order chi connectivity index (χ1) is 18.5. The van der Waals surface area contributed by atoms with Crippen LogP contribution in [-0.2, 0) is 13.2 Å². The Hall–Kier alpha value is -0.964. The Balaban J connectivity index is 0. The zero-order chi connectivity index (χ0) is 30.0. The average Bonchev–Trinajstić information content (AvgIpc) is 2.94. The molecule has 13 heteroatoms. The third kappa shape index (κ3) is 13.3. The molecule has 8 N–H and O–H groups in total. The molecular weight excluding hydrogens is 545 g/mol. The van der Waals surface area contributed by atoms with E-state index < -0.39 is 11.6 Å². The Bertz CT molecular complexity index is 1060. The first kappa shape index (κ1) is 41.2. The third-order valence-corrected chi connectivity index (χ3v) is 5.73. The molecule has 0 amide bonds. The Morgan fingerprint density at radius 2 is 1.57 bits per heavy atom. The first-order valence-electron chi connectivity index (χ1n) is 12.4. The van der Waals surface area contributed by atoms with Gasteiger partial charge in [0.2, 0.25) is 0 Å². The molecule has 0 aliphatic rings. The molecule has 0 aliphatic heterocycles. The molecule has 2 aromatic carbocycles. The smallest absolute Gasteiger partial charge is 0.450 e. The molecular formula is C27H40B2F2KN3O5. The van der Waals surface area contributed by atoms with Gasteiger partial charge in [0.15, 0.2) is 6.29 Å². The van der Waals surface area contributed by atoms with Gasteiger partial charge < -0.3 is 43.6 Å². The van der Waals surface area contributed by atoms with Crippen molar-refractivity contribution in [1.29, 1.82) is 0 Å². The van der Waals surface area contributed by atoms with Crippen molar-refractivity contribution in [3.05, 3.63) is 71.2 Å². The average molecular weight is 585 g/mol. The van der Waals surface area contributed by atoms with Crippen LogP contribution in [0.25, 0.3) is 5.70 Å². The van der Waals surface area contributed by atoms with Crippen LogP contribution < -0.4 is 78.7 Å². The van der Waals surface area contributed by atoms with Gasteiger partial charge in [-0.2, -0.15) is 6.42 Å². The van der Waals surface area contributed by atoms with Crippen molar-refractivity contribution in [2.75, 3.05) is 20.1 Å². The molecule has 2 rings (SSSR count). The van der Waals surface area contributed by atoms with Gasteiger partial charge in [-0.3, -0.25) is 4.79 Å². The van der Waals surface area contributed by atoms with Gasteiger partial charge in [-0.15, -0.1) is 0 Å². The number of aliphatic hydroxyl groups excluding tert-OH is 2. The fourth-order valence-electron chi connectivity index (χ4n) is 3.04. The summed E-state index contributed by atoms with van der Waals surface area (Å²) in [6, 6.07) is 5.84. The van der Waals surface area contributed by atoms with Gasteiger partial charge >= 0.3 is 66.3 Å². The normalized spacial score (nSPS) is 10.8. The van der Waals surface area contributed by atoms with Crippen LogP contribution in [0, 0.1) is 18.6 Å². The second-order valence-electron chi connectivity index (χ2n) is 8.92. The number of hydrogen-bond donors (Lipinski definition) is 7. The zero-order valence-corrected chi connectivity index (χ0v) is 27.2. The summed E-state index contributed by atoms with van der Waals surface area (Å²) in [6.07, 6.45) is 4.16. The van der Waals surface area contributed by atoms with Gasteiger partial charge in [0, 0.05) is 28.9 Å². The number of benzene rings is 2. The molecule has 8 nitrogen and oxygen atoms in total. The van der Waals surface area contributed by atoms with Crippen molar-refractivity contribution < 1.29 is 85.2 Å². The van der Waals surface area contributed by atoms with Crippen molar-refractivity contribution in [1.82, 2.24) is 10.6 Å². The van der Waals surface area contributed by atoms with Crippen molar-refractivity contribution in [2.24, 2.45) is 5.73 Å². The summed E-state index contributed by atoms with van der Waals surface area (Å²) in [5, 5.41) is 42.1. The standard InChI is InChI=1S/C15H23BFN2O2.C8H7BFO3.C4H10N.K/c1-5-12(19-9-15(2,3)18-4)11-7-6-10(8-20)13(16-21)14(11)17;10-8-6(4-12)2-1-5(3-11)7(8)9-13;1-2-3-4-5;/h5-7,18-21H,8-9H2,1-4H3;1-2,4,11,13H,3H2;1-5H2;/q;;-1;+1. The Kier molecular flexibility index (Phi) is 23.3. The molecule has 0 fully saturated rings. The molecule has 0 heterocycles. The zero-order valence-electron chi connectivity index (χ0n) is 24.1. The summed E-state index contributed by atoms with van der Waals surface area (Å²) < 4.78 is 27.6. The number of nitrogens with one attached hydrogen (secondary N) is 2. The molecule has 0 bridgehead atoms. The van der Waals surface area contributed by atoms with Gasteiger partial charge in [0.1, 0.15) is 11.6 Å². The molecule has 2 radical (unpaired) electrons. The summed E-state index contributed by atoms with van der Waals surface area (Å²) in [5.74, 6) is -1.36. The maximum Gasteiger partial charge on any atom is 1.00 e. The van der Waals surface area contributed by atoms with Crippen LogP contribution in [0.5, 0.6) is 0 Å². The van der Waals surface area contributed by atoms with Crippen LogP contribution in [0.4, 0.5) is 8.78 Å². The number of carbonyl (C=O) groups excluding carboxylic acids is 1. The molecule has 0 spiro atoms. The van der Waals surface area contributed by atoms with Gasteiger partial charge in [-0.05, 0) is 68.5 Å². The Morgan fingerprint density at radius 3 is 1.95 bits per heavy atom. The predicted octanol–water partition coefficient (Wildman–Crippen LogP) is -2.57. The molecule has 40 heavy (non-hydrogen) atoms. The van der Waals surface area contributed by atoms with Gasteiger partial charge in [0.25, 0.3) is 0 Å². The number of nitrogens with two attached hydrogens (primary N) is 1. The largest absolute Gasteiger partial charge is 1.00 e. The van der Waals surface area contributed by atoms with Gasteiger partial charge in [-0.25, -0.2) is 8.78 Å². The number of hydrogen-bond acceptors (Lipinski definition) is 8. The fraction of sp³-hybridized carbons (Fsp3) is 0.407. The van der Waals surface area contributed by atoms with E-state index in [0.29, 0.717) is 44.6 Å². The number of carbonyl (C=O) groups is 1. The van der Waals surface area contributed by atoms with Crippen LogP contribution in [0.3, 0.4) is 0 Å². The van der Waals surface area contributed by atoms with E-state index in [2.05, 4.69) is 17.6 Å². The van der Waals surface area contributed by atoms with Crippen LogP contribution in [0.15, 0.2) is 30.3 Å². The van der Waals surface area contributed by atoms with E-state index in [4.69, 9.17) is 21.0 Å². The SMILES string of the molecule is CC=C(NCC(C)(C)NC)c1ccc(CO)c([B]O)c1F.O=Cc1ccc(CO)c([B]O)c1F.[CH2-]CCCN.[K+]. The van der Waals surface area contributed by atoms with Gasteiger partial charge in [0.05, 0.1) is 13.2 Å². The molecule has 0 aromatic heterocycles. The number of likely N-dealkylation sites (N-methyl/N-ethyl adjacent to an activating group) is 1. The second kappa shape index (κ2) is 22.6. The van der Waals surface area contributed by atoms with Crippen LogP contribution in [0.1, 0.15) is 60.7 Å². The number of unbranched alkanes of at least 4 members (excludes halogenated alkanes) is 1. The maximum absolute atomic E-state index is 14.5. The topological polar surface area (TPSA) is 148 Å². The minimum atomic E-state index is -0.816. The van der Waals surface area contributed by atoms with Crippen LogP contribution in [0.2, 0.25) is 0 Å². The van der Waals surface area contributed by atoms with E-state index in [9.17, 15) is 18.6 Å². The first-order valence-corrected chi connectivity index (χ1v) is 12.4. The fourth-order valence-corrected chi connectivity index (χ4v) is 3.04. The number of aldehydes is 1. The Labute approximate surface area is 280 Å². The molecule has 0 unspecified atom stereocenters. The van der Waals surface area contributed by atoms with E-state index in [1.54, 1.807) is 18.2 Å². The number of halogens is 2. The summed E-state index contributed by atoms with van der Waals surface area (Å²) in [4.78, 5) is 10.3. The minimum Gasteiger partial charge on any atom is -0.450 e. The summed E-state index contributed by atoms with van der Waals surface area (Å²) in [7, 11) is 3.09. The second-order valence-corrected chi connectivity index (χ2v) is 8.92. The van der Waals surface area contributed by atoms with E-state index in [0.717, 1.165) is 19.4 Å². The minimum absolute atomic E-state index is 0. The van der Waals surface area contributed by atoms with E-state index in [-0.39, 0.29) is 92.2 Å². The predicted molar refractivity (Wildman–Crippen MR) is 154 cm³/mol. The monoisotopic (exact) mass is 585 g/mol. The summed E-state index contributed by atoms with van der Waals surface area (Å²) in [6.45, 7) is 10.2. The van der Waals surface area contributed by atoms with Crippen LogP contribution >= 0.6 is 0 Å². The van der Waals surface area contributed by atoms with E-state index in [1.165, 1.54) is 12.1 Å². The van der Waals surface area contributed by atoms with E-state index >= 15 is 0 Å². The maximum atomic E-state index is 14.5. The van der Waals surface area contributed by atoms with Crippen molar-refractivity contribution in [3.63, 3.8) is 0 Å². The molecule has 2 aromatic rings. The van der Waals surface area contributed by atoms with E-state index in [1.807, 2.05) is 27.8 Å². The molecule has 214 valence electrons. The molecule has 0 saturated carbocycles. The van der Waals surface area contributed by atoms with Crippen LogP contribution in [-0.4, -0.2) is 67.2 Å². The Morgan fingerprint density at radius 1 is 1.05 bits per heavy atom. The number of aliphatic hydroxyl groups is 2. The molecule has 0 saturated heterocycles. The molecule has 0 atom stereocenters. The third-order valence-electron chi connectivity index (χ3n) is 5.73. The number of rotatable bonds is 12.